The first-order chi connectivity index (χ1) is 8.47. The zero-order chi connectivity index (χ0) is 13.2. The van der Waals surface area contributed by atoms with E-state index in [0.717, 1.165) is 12.1 Å². The van der Waals surface area contributed by atoms with Crippen molar-refractivity contribution in [3.05, 3.63) is 36.7 Å². The topological polar surface area (TPSA) is 105 Å². The van der Waals surface area contributed by atoms with Gasteiger partial charge in [0.25, 0.3) is 10.1 Å². The minimum absolute atomic E-state index is 0.0398. The third kappa shape index (κ3) is 2.76. The van der Waals surface area contributed by atoms with E-state index in [9.17, 15) is 12.8 Å². The minimum Gasteiger partial charge on any atom is -0.322 e. The number of aromatic nitrogens is 3. The molecule has 1 aromatic carbocycles. The molecule has 1 radical (unpaired) electrons. The van der Waals surface area contributed by atoms with E-state index in [4.69, 9.17) is 4.55 Å². The fraction of sp³-hybridized carbons (Fsp3) is 0. The molecule has 9 heteroatoms. The molecule has 0 saturated heterocycles. The first kappa shape index (κ1) is 12.3. The summed E-state index contributed by atoms with van der Waals surface area (Å²) in [7, 11) is -4.43. The van der Waals surface area contributed by atoms with Gasteiger partial charge in [-0.05, 0) is 18.2 Å². The Labute approximate surface area is 101 Å². The van der Waals surface area contributed by atoms with Crippen molar-refractivity contribution in [3.63, 3.8) is 0 Å². The summed E-state index contributed by atoms with van der Waals surface area (Å²) in [5.41, 5.74) is -0.0398. The van der Waals surface area contributed by atoms with Crippen LogP contribution in [0.1, 0.15) is 0 Å². The molecule has 0 bridgehead atoms. The molecular formula is C9H6FN4O3S. The number of rotatable bonds is 3. The van der Waals surface area contributed by atoms with Crippen molar-refractivity contribution in [1.29, 1.82) is 0 Å². The van der Waals surface area contributed by atoms with Gasteiger partial charge < -0.3 is 5.32 Å². The number of benzene rings is 1. The van der Waals surface area contributed by atoms with Gasteiger partial charge in [0.1, 0.15) is 12.1 Å². The highest BCUT2D eigenvalue weighted by Gasteiger charge is 2.13. The molecule has 2 rings (SSSR count). The van der Waals surface area contributed by atoms with Crippen molar-refractivity contribution in [1.82, 2.24) is 15.0 Å². The molecule has 0 saturated carbocycles. The van der Waals surface area contributed by atoms with Crippen LogP contribution < -0.4 is 5.32 Å². The molecule has 0 fully saturated rings. The maximum absolute atomic E-state index is 13.5. The zero-order valence-corrected chi connectivity index (χ0v) is 9.52. The minimum atomic E-state index is -4.43. The second-order valence-electron chi connectivity index (χ2n) is 3.15. The van der Waals surface area contributed by atoms with Gasteiger partial charge in [-0.15, -0.1) is 0 Å². The summed E-state index contributed by atoms with van der Waals surface area (Å²) >= 11 is 0. The summed E-state index contributed by atoms with van der Waals surface area (Å²) in [6.07, 6.45) is 3.42. The van der Waals surface area contributed by atoms with Crippen LogP contribution in [-0.4, -0.2) is 27.9 Å². The van der Waals surface area contributed by atoms with E-state index in [1.165, 1.54) is 6.33 Å². The molecule has 0 unspecified atom stereocenters. The third-order valence-corrected chi connectivity index (χ3v) is 2.79. The molecule has 7 nitrogen and oxygen atoms in total. The second kappa shape index (κ2) is 4.63. The Morgan fingerprint density at radius 2 is 2.17 bits per heavy atom. The normalized spacial score (nSPS) is 11.2. The van der Waals surface area contributed by atoms with Crippen LogP contribution in [0.5, 0.6) is 0 Å². The third-order valence-electron chi connectivity index (χ3n) is 1.94. The van der Waals surface area contributed by atoms with Crippen LogP contribution in [0, 0.1) is 12.1 Å². The number of nitrogens with one attached hydrogen (secondary N) is 1. The van der Waals surface area contributed by atoms with Gasteiger partial charge in [-0.3, -0.25) is 4.55 Å². The van der Waals surface area contributed by atoms with Crippen LogP contribution in [-0.2, 0) is 10.1 Å². The fourth-order valence-corrected chi connectivity index (χ4v) is 1.65. The van der Waals surface area contributed by atoms with Crippen molar-refractivity contribution in [2.24, 2.45) is 0 Å². The molecule has 1 heterocycles. The lowest BCUT2D eigenvalue weighted by Gasteiger charge is -2.05. The van der Waals surface area contributed by atoms with E-state index in [2.05, 4.69) is 26.6 Å². The number of hydrogen-bond donors (Lipinski definition) is 2. The highest BCUT2D eigenvalue weighted by Crippen LogP contribution is 2.20. The smallest absolute Gasteiger partial charge is 0.294 e. The Morgan fingerprint density at radius 3 is 2.72 bits per heavy atom. The summed E-state index contributed by atoms with van der Waals surface area (Å²) in [6.45, 7) is 0. The highest BCUT2D eigenvalue weighted by molar-refractivity contribution is 7.85. The van der Waals surface area contributed by atoms with Crippen molar-refractivity contribution in [3.8, 4) is 0 Å². The first-order valence-corrected chi connectivity index (χ1v) is 6.00. The molecule has 0 aliphatic heterocycles. The van der Waals surface area contributed by atoms with E-state index in [0.29, 0.717) is 6.07 Å². The lowest BCUT2D eigenvalue weighted by molar-refractivity contribution is 0.482. The Morgan fingerprint density at radius 1 is 1.39 bits per heavy atom. The number of nitrogens with zero attached hydrogens (tertiary/aromatic N) is 3. The maximum Gasteiger partial charge on any atom is 0.294 e. The number of halogens is 1. The SMILES string of the molecule is O=S(=O)(O)c1ccc(Nc2n[c]ncn2)c(F)c1. The van der Waals surface area contributed by atoms with E-state index in [-0.39, 0.29) is 11.6 Å². The summed E-state index contributed by atoms with van der Waals surface area (Å²) in [6, 6.07) is 2.87. The summed E-state index contributed by atoms with van der Waals surface area (Å²) in [5, 5.41) is 2.51. The molecule has 0 spiro atoms. The molecule has 1 aromatic heterocycles. The first-order valence-electron chi connectivity index (χ1n) is 4.56. The van der Waals surface area contributed by atoms with Gasteiger partial charge in [-0.1, -0.05) is 0 Å². The van der Waals surface area contributed by atoms with Gasteiger partial charge in [-0.2, -0.15) is 13.4 Å². The van der Waals surface area contributed by atoms with Crippen LogP contribution in [0.25, 0.3) is 0 Å². The lowest BCUT2D eigenvalue weighted by Crippen LogP contribution is -2.02. The summed E-state index contributed by atoms with van der Waals surface area (Å²) < 4.78 is 43.9. The van der Waals surface area contributed by atoms with E-state index >= 15 is 0 Å². The van der Waals surface area contributed by atoms with Gasteiger partial charge in [0.05, 0.1) is 10.6 Å². The quantitative estimate of drug-likeness (QED) is 0.794. The van der Waals surface area contributed by atoms with Crippen molar-refractivity contribution in [2.45, 2.75) is 4.90 Å². The Hall–Kier alpha value is -2.13. The van der Waals surface area contributed by atoms with Crippen LogP contribution in [0.4, 0.5) is 16.0 Å². The van der Waals surface area contributed by atoms with E-state index in [1.807, 2.05) is 0 Å². The van der Waals surface area contributed by atoms with Crippen LogP contribution >= 0.6 is 0 Å². The average molecular weight is 269 g/mol. The van der Waals surface area contributed by atoms with Crippen molar-refractivity contribution < 1.29 is 17.4 Å². The standard InChI is InChI=1S/C9H6FN4O3S/c10-7-3-6(18(15,16)17)1-2-8(7)14-9-12-4-11-5-13-9/h1-4H,(H,15,16,17)(H,11,12,13,14). The largest absolute Gasteiger partial charge is 0.322 e. The molecule has 18 heavy (non-hydrogen) atoms. The number of anilines is 2. The van der Waals surface area contributed by atoms with Gasteiger partial charge in [0.2, 0.25) is 12.3 Å². The molecule has 0 aliphatic carbocycles. The van der Waals surface area contributed by atoms with E-state index < -0.39 is 20.8 Å². The van der Waals surface area contributed by atoms with Crippen molar-refractivity contribution in [2.75, 3.05) is 5.32 Å². The van der Waals surface area contributed by atoms with Gasteiger partial charge in [0, 0.05) is 0 Å². The van der Waals surface area contributed by atoms with Gasteiger partial charge in [0.15, 0.2) is 0 Å². The second-order valence-corrected chi connectivity index (χ2v) is 4.57. The highest BCUT2D eigenvalue weighted by atomic mass is 32.2. The Kier molecular flexibility index (Phi) is 3.17. The van der Waals surface area contributed by atoms with Crippen LogP contribution in [0.3, 0.4) is 0 Å². The molecular weight excluding hydrogens is 263 g/mol. The van der Waals surface area contributed by atoms with Gasteiger partial charge in [-0.25, -0.2) is 14.4 Å². The molecule has 0 atom stereocenters. The molecule has 0 aliphatic rings. The Balaban J connectivity index is 2.32. The van der Waals surface area contributed by atoms with Crippen LogP contribution in [0.2, 0.25) is 0 Å². The van der Waals surface area contributed by atoms with E-state index in [1.54, 1.807) is 0 Å². The van der Waals surface area contributed by atoms with Crippen LogP contribution in [0.15, 0.2) is 29.4 Å². The summed E-state index contributed by atoms with van der Waals surface area (Å²) in [4.78, 5) is 10.2. The zero-order valence-electron chi connectivity index (χ0n) is 8.70. The predicted octanol–water partition coefficient (Wildman–Crippen LogP) is 0.801. The predicted molar refractivity (Wildman–Crippen MR) is 58.2 cm³/mol. The monoisotopic (exact) mass is 269 g/mol. The molecule has 2 N–H and O–H groups in total. The molecule has 0 amide bonds. The van der Waals surface area contributed by atoms with Crippen molar-refractivity contribution >= 4 is 21.8 Å². The van der Waals surface area contributed by atoms with Gasteiger partial charge >= 0.3 is 0 Å². The Bertz CT molecular complexity index is 663. The lowest BCUT2D eigenvalue weighted by atomic mass is 10.3. The molecule has 2 aromatic rings. The summed E-state index contributed by atoms with van der Waals surface area (Å²) in [5.74, 6) is -0.811. The number of hydrogen-bond acceptors (Lipinski definition) is 6. The fourth-order valence-electron chi connectivity index (χ4n) is 1.15. The molecule has 93 valence electrons. The average Bonchev–Trinajstić information content (AvgIpc) is 2.32. The maximum atomic E-state index is 13.5.